The van der Waals surface area contributed by atoms with E-state index in [1.165, 1.54) is 46.7 Å². The number of rotatable bonds is 4. The van der Waals surface area contributed by atoms with Crippen molar-refractivity contribution in [2.45, 2.75) is 76.9 Å². The number of fused-ring (bicyclic) bond motifs is 5. The molecule has 2 aromatic heterocycles. The molecule has 0 spiro atoms. The molecule has 2 aliphatic carbocycles. The van der Waals surface area contributed by atoms with Crippen LogP contribution in [0.1, 0.15) is 78.8 Å². The van der Waals surface area contributed by atoms with E-state index in [9.17, 15) is 4.79 Å². The molecule has 1 N–H and O–H groups in total. The third-order valence-corrected chi connectivity index (χ3v) is 8.94. The van der Waals surface area contributed by atoms with E-state index in [-0.39, 0.29) is 18.1 Å². The van der Waals surface area contributed by atoms with E-state index in [1.807, 2.05) is 30.4 Å². The van der Waals surface area contributed by atoms with Gasteiger partial charge in [0.25, 0.3) is 0 Å². The Hall–Kier alpha value is -2.73. The second kappa shape index (κ2) is 9.14. The maximum atomic E-state index is 13.9. The highest BCUT2D eigenvalue weighted by Crippen LogP contribution is 2.44. The molecule has 6 heteroatoms. The summed E-state index contributed by atoms with van der Waals surface area (Å²) in [7, 11) is 0. The lowest BCUT2D eigenvalue weighted by Crippen LogP contribution is -2.45. The van der Waals surface area contributed by atoms with Gasteiger partial charge in [-0.15, -0.1) is 11.3 Å². The molecule has 0 saturated heterocycles. The van der Waals surface area contributed by atoms with Crippen LogP contribution in [-0.4, -0.2) is 28.1 Å². The molecular weight excluding hydrogens is 442 g/mol. The van der Waals surface area contributed by atoms with Crippen LogP contribution in [0.2, 0.25) is 0 Å². The van der Waals surface area contributed by atoms with Gasteiger partial charge in [0, 0.05) is 22.7 Å². The Labute approximate surface area is 205 Å². The summed E-state index contributed by atoms with van der Waals surface area (Å²) in [6.07, 6.45) is 11.5. The zero-order valence-corrected chi connectivity index (χ0v) is 20.7. The normalized spacial score (nSPS) is 19.8. The first kappa shape index (κ1) is 21.8. The molecular formula is C28H33N3O2S. The molecule has 34 heavy (non-hydrogen) atoms. The van der Waals surface area contributed by atoms with Crippen molar-refractivity contribution in [1.82, 2.24) is 14.8 Å². The van der Waals surface area contributed by atoms with E-state index in [1.54, 1.807) is 0 Å². The second-order valence-electron chi connectivity index (χ2n) is 9.76. The molecule has 1 saturated carbocycles. The Kier molecular flexibility index (Phi) is 5.85. The Morgan fingerprint density at radius 3 is 2.79 bits per heavy atom. The molecule has 1 fully saturated rings. The molecule has 3 aliphatic rings. The van der Waals surface area contributed by atoms with Crippen LogP contribution in [0.25, 0.3) is 5.00 Å². The molecule has 3 heterocycles. The van der Waals surface area contributed by atoms with E-state index >= 15 is 0 Å². The second-order valence-corrected chi connectivity index (χ2v) is 10.8. The van der Waals surface area contributed by atoms with Crippen LogP contribution in [0.3, 0.4) is 0 Å². The highest BCUT2D eigenvalue weighted by Gasteiger charge is 2.37. The monoisotopic (exact) mass is 475 g/mol. The molecule has 3 aromatic rings. The number of aryl methyl sites for hydroxylation is 1. The number of benzene rings is 1. The summed E-state index contributed by atoms with van der Waals surface area (Å²) in [6.45, 7) is 3.27. The average molecular weight is 476 g/mol. The van der Waals surface area contributed by atoms with Crippen molar-refractivity contribution in [2.75, 3.05) is 6.61 Å². The van der Waals surface area contributed by atoms with Gasteiger partial charge < -0.3 is 19.5 Å². The van der Waals surface area contributed by atoms with Crippen LogP contribution in [0.15, 0.2) is 42.6 Å². The van der Waals surface area contributed by atoms with E-state index < -0.39 is 0 Å². The molecule has 1 atom stereocenters. The fraction of sp³-hybridized carbons (Fsp3) is 0.464. The number of carbonyl (C=O) groups is 1. The molecule has 0 bridgehead atoms. The molecule has 1 aliphatic heterocycles. The topological polar surface area (TPSA) is 46.5 Å². The number of thiophene rings is 1. The van der Waals surface area contributed by atoms with E-state index in [0.717, 1.165) is 42.7 Å². The summed E-state index contributed by atoms with van der Waals surface area (Å²) in [6, 6.07) is 12.8. The zero-order chi connectivity index (χ0) is 23.1. The predicted octanol–water partition coefficient (Wildman–Crippen LogP) is 6.37. The third kappa shape index (κ3) is 3.82. The Bertz CT molecular complexity index is 1190. The van der Waals surface area contributed by atoms with Crippen molar-refractivity contribution in [3.8, 4) is 10.8 Å². The van der Waals surface area contributed by atoms with Gasteiger partial charge in [0.1, 0.15) is 10.8 Å². The predicted molar refractivity (Wildman–Crippen MR) is 136 cm³/mol. The fourth-order valence-corrected chi connectivity index (χ4v) is 7.41. The zero-order valence-electron chi connectivity index (χ0n) is 19.9. The first-order chi connectivity index (χ1) is 16.7. The molecule has 6 rings (SSSR count). The molecule has 0 radical (unpaired) electrons. The Balaban J connectivity index is 1.48. The maximum absolute atomic E-state index is 13.9. The number of hydrogen-bond donors (Lipinski definition) is 1. The Morgan fingerprint density at radius 1 is 1.09 bits per heavy atom. The number of carbonyl (C=O) groups excluding carboxylic acids is 1. The number of aromatic nitrogens is 1. The van der Waals surface area contributed by atoms with E-state index in [4.69, 9.17) is 4.74 Å². The number of hydrogen-bond acceptors (Lipinski definition) is 3. The summed E-state index contributed by atoms with van der Waals surface area (Å²) in [5.74, 6) is 0.852. The summed E-state index contributed by atoms with van der Waals surface area (Å²) in [5, 5.41) is 4.69. The fourth-order valence-electron chi connectivity index (χ4n) is 6.01. The quantitative estimate of drug-likeness (QED) is 0.476. The minimum absolute atomic E-state index is 0.0510. The van der Waals surface area contributed by atoms with Crippen molar-refractivity contribution in [2.24, 2.45) is 0 Å². The van der Waals surface area contributed by atoms with Gasteiger partial charge in [-0.25, -0.2) is 4.79 Å². The molecule has 5 nitrogen and oxygen atoms in total. The minimum atomic E-state index is -0.171. The van der Waals surface area contributed by atoms with Gasteiger partial charge in [-0.3, -0.25) is 0 Å². The first-order valence-electron chi connectivity index (χ1n) is 12.8. The van der Waals surface area contributed by atoms with Gasteiger partial charge in [0.15, 0.2) is 0 Å². The summed E-state index contributed by atoms with van der Waals surface area (Å²) in [5.41, 5.74) is 5.08. The van der Waals surface area contributed by atoms with E-state index in [0.29, 0.717) is 13.2 Å². The van der Waals surface area contributed by atoms with Gasteiger partial charge >= 0.3 is 6.03 Å². The van der Waals surface area contributed by atoms with Gasteiger partial charge in [-0.2, -0.15) is 0 Å². The standard InChI is InChI=1S/C28H33N3O2S/c1-2-33-21-12-7-9-19(17-21)26-24-14-8-16-30(24)27-23(22-13-5-6-15-25(22)34-27)18-31(26)28(32)29-20-10-3-4-11-20/h7-9,12,14,16-17,20,26H,2-6,10-11,13,15,18H2,1H3,(H,29,32). The maximum Gasteiger partial charge on any atom is 0.318 e. The number of nitrogens with one attached hydrogen (secondary N) is 1. The molecule has 2 amide bonds. The molecule has 1 unspecified atom stereocenters. The third-order valence-electron chi connectivity index (χ3n) is 7.61. The number of nitrogens with zero attached hydrogens (tertiary/aromatic N) is 2. The van der Waals surface area contributed by atoms with Crippen LogP contribution in [0.5, 0.6) is 5.75 Å². The van der Waals surface area contributed by atoms with Crippen LogP contribution in [-0.2, 0) is 19.4 Å². The largest absolute Gasteiger partial charge is 0.494 e. The van der Waals surface area contributed by atoms with Gasteiger partial charge in [-0.05, 0) is 80.8 Å². The average Bonchev–Trinajstić information content (AvgIpc) is 3.59. The molecule has 1 aromatic carbocycles. The molecule has 178 valence electrons. The summed E-state index contributed by atoms with van der Waals surface area (Å²) in [4.78, 5) is 17.5. The minimum Gasteiger partial charge on any atom is -0.494 e. The number of urea groups is 1. The SMILES string of the molecule is CCOc1cccc(C2c3cccn3-c3sc4c(c3CN2C(=O)NC2CCCC2)CCCC4)c1. The lowest BCUT2D eigenvalue weighted by atomic mass is 9.95. The lowest BCUT2D eigenvalue weighted by molar-refractivity contribution is 0.176. The lowest BCUT2D eigenvalue weighted by Gasteiger charge is -2.32. The number of amides is 2. The number of ether oxygens (including phenoxy) is 1. The smallest absolute Gasteiger partial charge is 0.318 e. The van der Waals surface area contributed by atoms with Crippen LogP contribution < -0.4 is 10.1 Å². The van der Waals surface area contributed by atoms with Crippen molar-refractivity contribution < 1.29 is 9.53 Å². The van der Waals surface area contributed by atoms with Gasteiger partial charge in [-0.1, -0.05) is 25.0 Å². The van der Waals surface area contributed by atoms with Gasteiger partial charge in [0.05, 0.1) is 24.9 Å². The Morgan fingerprint density at radius 2 is 1.94 bits per heavy atom. The van der Waals surface area contributed by atoms with Crippen molar-refractivity contribution in [1.29, 1.82) is 0 Å². The van der Waals surface area contributed by atoms with Crippen molar-refractivity contribution in [3.63, 3.8) is 0 Å². The van der Waals surface area contributed by atoms with Crippen LogP contribution in [0, 0.1) is 0 Å². The van der Waals surface area contributed by atoms with Crippen LogP contribution >= 0.6 is 11.3 Å². The summed E-state index contributed by atoms with van der Waals surface area (Å²) < 4.78 is 8.19. The summed E-state index contributed by atoms with van der Waals surface area (Å²) >= 11 is 1.93. The highest BCUT2D eigenvalue weighted by atomic mass is 32.1. The highest BCUT2D eigenvalue weighted by molar-refractivity contribution is 7.15. The van der Waals surface area contributed by atoms with E-state index in [2.05, 4.69) is 45.2 Å². The van der Waals surface area contributed by atoms with Crippen molar-refractivity contribution >= 4 is 17.4 Å². The first-order valence-corrected chi connectivity index (χ1v) is 13.7. The van der Waals surface area contributed by atoms with Crippen LogP contribution in [0.4, 0.5) is 4.79 Å². The van der Waals surface area contributed by atoms with Crippen molar-refractivity contribution in [3.05, 3.63) is 69.9 Å². The van der Waals surface area contributed by atoms with Gasteiger partial charge in [0.2, 0.25) is 0 Å².